The molecule has 1 amide bonds. The molecule has 1 aromatic carbocycles. The summed E-state index contributed by atoms with van der Waals surface area (Å²) in [6, 6.07) is 6.01. The lowest BCUT2D eigenvalue weighted by Gasteiger charge is -2.12. The molecule has 0 saturated heterocycles. The predicted molar refractivity (Wildman–Crippen MR) is 77.8 cm³/mol. The van der Waals surface area contributed by atoms with Crippen LogP contribution in [0.25, 0.3) is 6.08 Å². The highest BCUT2D eigenvalue weighted by molar-refractivity contribution is 5.92. The topological polar surface area (TPSA) is 72.2 Å². The van der Waals surface area contributed by atoms with E-state index in [4.69, 9.17) is 6.42 Å². The van der Waals surface area contributed by atoms with E-state index in [2.05, 4.69) is 11.2 Å². The van der Waals surface area contributed by atoms with Gasteiger partial charge < -0.3 is 5.32 Å². The van der Waals surface area contributed by atoms with E-state index in [1.807, 2.05) is 6.92 Å². The lowest BCUT2D eigenvalue weighted by atomic mass is 10.1. The summed E-state index contributed by atoms with van der Waals surface area (Å²) in [7, 11) is 0. The smallest absolute Gasteiger partial charge is 0.270 e. The summed E-state index contributed by atoms with van der Waals surface area (Å²) in [6.45, 7) is 1.94. The average Bonchev–Trinajstić information content (AvgIpc) is 2.45. The van der Waals surface area contributed by atoms with E-state index in [1.165, 1.54) is 24.3 Å². The van der Waals surface area contributed by atoms with Gasteiger partial charge in [0.05, 0.1) is 4.92 Å². The summed E-state index contributed by atoms with van der Waals surface area (Å²) >= 11 is 0. The number of hydrogen-bond acceptors (Lipinski definition) is 3. The molecule has 0 aliphatic carbocycles. The number of carbonyl (C=O) groups excluding carboxylic acids is 1. The van der Waals surface area contributed by atoms with Crippen LogP contribution in [0.5, 0.6) is 0 Å². The first kappa shape index (κ1) is 15.4. The average molecular weight is 272 g/mol. The molecule has 1 aromatic rings. The summed E-state index contributed by atoms with van der Waals surface area (Å²) in [4.78, 5) is 21.8. The zero-order valence-electron chi connectivity index (χ0n) is 11.2. The third kappa shape index (κ3) is 4.94. The largest absolute Gasteiger partial charge is 0.349 e. The van der Waals surface area contributed by atoms with Crippen molar-refractivity contribution in [2.45, 2.75) is 25.8 Å². The van der Waals surface area contributed by atoms with E-state index in [1.54, 1.807) is 12.1 Å². The molecular formula is C15H16N2O3. The summed E-state index contributed by atoms with van der Waals surface area (Å²) in [5, 5.41) is 13.4. The number of nitro benzene ring substituents is 1. The monoisotopic (exact) mass is 272 g/mol. The number of nitrogens with one attached hydrogen (secondary N) is 1. The Labute approximate surface area is 117 Å². The molecule has 0 aliphatic rings. The molecule has 0 saturated carbocycles. The highest BCUT2D eigenvalue weighted by Crippen LogP contribution is 2.14. The number of benzene rings is 1. The fourth-order valence-corrected chi connectivity index (χ4v) is 1.60. The first-order valence-electron chi connectivity index (χ1n) is 6.23. The quantitative estimate of drug-likeness (QED) is 0.374. The summed E-state index contributed by atoms with van der Waals surface area (Å²) in [5.41, 5.74) is 0.589. The van der Waals surface area contributed by atoms with Crippen molar-refractivity contribution < 1.29 is 9.72 Å². The number of carbonyl (C=O) groups is 1. The molecule has 5 nitrogen and oxygen atoms in total. The van der Waals surface area contributed by atoms with Crippen molar-refractivity contribution in [3.05, 3.63) is 46.0 Å². The van der Waals surface area contributed by atoms with Crippen molar-refractivity contribution in [3.8, 4) is 12.3 Å². The maximum Gasteiger partial charge on any atom is 0.270 e. The van der Waals surface area contributed by atoms with Gasteiger partial charge in [-0.15, -0.1) is 12.3 Å². The Hall–Kier alpha value is -2.61. The molecule has 0 spiro atoms. The Bertz CT molecular complexity index is 558. The molecule has 0 aromatic heterocycles. The summed E-state index contributed by atoms with van der Waals surface area (Å²) in [5.74, 6) is 2.24. The molecule has 0 bridgehead atoms. The Morgan fingerprint density at radius 2 is 2.35 bits per heavy atom. The fourth-order valence-electron chi connectivity index (χ4n) is 1.60. The maximum absolute atomic E-state index is 11.7. The Balaban J connectivity index is 2.68. The minimum absolute atomic E-state index is 0.00803. The van der Waals surface area contributed by atoms with Crippen molar-refractivity contribution in [2.75, 3.05) is 0 Å². The summed E-state index contributed by atoms with van der Waals surface area (Å²) in [6.07, 6.45) is 9.32. The minimum Gasteiger partial charge on any atom is -0.349 e. The lowest BCUT2D eigenvalue weighted by Crippen LogP contribution is -2.32. The number of amides is 1. The van der Waals surface area contributed by atoms with Crippen LogP contribution in [0.4, 0.5) is 5.69 Å². The number of terminal acetylenes is 1. The molecule has 5 heteroatoms. The number of non-ortho nitro benzene ring substituents is 1. The zero-order chi connectivity index (χ0) is 15.0. The summed E-state index contributed by atoms with van der Waals surface area (Å²) < 4.78 is 0. The second-order valence-electron chi connectivity index (χ2n) is 4.21. The maximum atomic E-state index is 11.7. The van der Waals surface area contributed by atoms with Crippen LogP contribution in [0.15, 0.2) is 30.3 Å². The van der Waals surface area contributed by atoms with Gasteiger partial charge in [0, 0.05) is 30.7 Å². The first-order chi connectivity index (χ1) is 9.56. The molecule has 20 heavy (non-hydrogen) atoms. The highest BCUT2D eigenvalue weighted by atomic mass is 16.6. The van der Waals surface area contributed by atoms with Crippen molar-refractivity contribution >= 4 is 17.7 Å². The second kappa shape index (κ2) is 7.74. The Kier molecular flexibility index (Phi) is 5.98. The fraction of sp³-hybridized carbons (Fsp3) is 0.267. The Morgan fingerprint density at radius 1 is 1.60 bits per heavy atom. The van der Waals surface area contributed by atoms with E-state index >= 15 is 0 Å². The number of hydrogen-bond donors (Lipinski definition) is 1. The standard InChI is InChI=1S/C15H16N2O3/c1-3-6-13(4-2)16-15(18)10-9-12-7-5-8-14(11-12)17(19)20/h1,5,7-11,13H,4,6H2,2H3,(H,16,18)/b10-9+. The van der Waals surface area contributed by atoms with Gasteiger partial charge in [0.1, 0.15) is 0 Å². The molecule has 0 heterocycles. The van der Waals surface area contributed by atoms with Gasteiger partial charge in [0.2, 0.25) is 5.91 Å². The third-order valence-corrected chi connectivity index (χ3v) is 2.71. The van der Waals surface area contributed by atoms with Gasteiger partial charge in [-0.1, -0.05) is 19.1 Å². The highest BCUT2D eigenvalue weighted by Gasteiger charge is 2.07. The molecule has 1 atom stereocenters. The minimum atomic E-state index is -0.475. The van der Waals surface area contributed by atoms with Gasteiger partial charge in [-0.05, 0) is 18.1 Å². The molecular weight excluding hydrogens is 256 g/mol. The van der Waals surface area contributed by atoms with Crippen molar-refractivity contribution in [2.24, 2.45) is 0 Å². The third-order valence-electron chi connectivity index (χ3n) is 2.71. The van der Waals surface area contributed by atoms with Crippen LogP contribution in [0.3, 0.4) is 0 Å². The van der Waals surface area contributed by atoms with Gasteiger partial charge in [-0.2, -0.15) is 0 Å². The van der Waals surface area contributed by atoms with E-state index in [9.17, 15) is 14.9 Å². The van der Waals surface area contributed by atoms with Gasteiger partial charge in [0.25, 0.3) is 5.69 Å². The first-order valence-corrected chi connectivity index (χ1v) is 6.23. The van der Waals surface area contributed by atoms with Crippen LogP contribution in [0.1, 0.15) is 25.3 Å². The Morgan fingerprint density at radius 3 is 2.95 bits per heavy atom. The van der Waals surface area contributed by atoms with E-state index < -0.39 is 4.92 Å². The molecule has 1 N–H and O–H groups in total. The van der Waals surface area contributed by atoms with Crippen molar-refractivity contribution in [1.82, 2.24) is 5.32 Å². The lowest BCUT2D eigenvalue weighted by molar-refractivity contribution is -0.384. The molecule has 0 aliphatic heterocycles. The number of rotatable bonds is 6. The number of nitro groups is 1. The second-order valence-corrected chi connectivity index (χ2v) is 4.21. The van der Waals surface area contributed by atoms with Crippen molar-refractivity contribution in [3.63, 3.8) is 0 Å². The molecule has 0 fully saturated rings. The van der Waals surface area contributed by atoms with Gasteiger partial charge in [-0.3, -0.25) is 14.9 Å². The van der Waals surface area contributed by atoms with Crippen LogP contribution < -0.4 is 5.32 Å². The van der Waals surface area contributed by atoms with E-state index in [0.717, 1.165) is 6.42 Å². The predicted octanol–water partition coefficient (Wildman–Crippen LogP) is 2.53. The SMILES string of the molecule is C#CCC(CC)NC(=O)/C=C/c1cccc([N+](=O)[O-])c1. The van der Waals surface area contributed by atoms with Gasteiger partial charge in [0.15, 0.2) is 0 Å². The molecule has 104 valence electrons. The molecule has 0 radical (unpaired) electrons. The van der Waals surface area contributed by atoms with Gasteiger partial charge in [-0.25, -0.2) is 0 Å². The van der Waals surface area contributed by atoms with Gasteiger partial charge >= 0.3 is 0 Å². The number of nitrogens with zero attached hydrogens (tertiary/aromatic N) is 1. The normalized spacial score (nSPS) is 11.8. The van der Waals surface area contributed by atoms with Crippen LogP contribution in [0, 0.1) is 22.5 Å². The zero-order valence-corrected chi connectivity index (χ0v) is 11.2. The van der Waals surface area contributed by atoms with Crippen LogP contribution >= 0.6 is 0 Å². The molecule has 1 unspecified atom stereocenters. The van der Waals surface area contributed by atoms with Crippen LogP contribution in [-0.4, -0.2) is 16.9 Å². The van der Waals surface area contributed by atoms with Crippen LogP contribution in [-0.2, 0) is 4.79 Å². The van der Waals surface area contributed by atoms with E-state index in [0.29, 0.717) is 12.0 Å². The van der Waals surface area contributed by atoms with Crippen LogP contribution in [0.2, 0.25) is 0 Å². The van der Waals surface area contributed by atoms with E-state index in [-0.39, 0.29) is 17.6 Å². The van der Waals surface area contributed by atoms with Crippen molar-refractivity contribution in [1.29, 1.82) is 0 Å². The molecule has 1 rings (SSSR count).